The third-order valence-electron chi connectivity index (χ3n) is 6.24. The number of thiophene rings is 1. The van der Waals surface area contributed by atoms with Gasteiger partial charge in [0, 0.05) is 12.4 Å². The van der Waals surface area contributed by atoms with Crippen LogP contribution in [0.2, 0.25) is 0 Å². The number of pyridine rings is 1. The first-order chi connectivity index (χ1) is 18.0. The Morgan fingerprint density at radius 2 is 1.68 bits per heavy atom. The van der Waals surface area contributed by atoms with Crippen LogP contribution in [0.25, 0.3) is 10.1 Å². The van der Waals surface area contributed by atoms with Gasteiger partial charge in [-0.25, -0.2) is 0 Å². The smallest absolute Gasteiger partial charge is 0.314 e. The van der Waals surface area contributed by atoms with Crippen molar-refractivity contribution < 1.29 is 23.9 Å². The molecule has 2 unspecified atom stereocenters. The van der Waals surface area contributed by atoms with Crippen molar-refractivity contribution >= 4 is 50.1 Å². The number of ether oxygens (including phenoxy) is 1. The number of benzene rings is 2. The molecule has 1 aliphatic rings. The molecule has 5 rings (SSSR count). The molecule has 0 saturated carbocycles. The number of anilines is 1. The minimum absolute atomic E-state index is 0.255. The molecule has 0 spiro atoms. The van der Waals surface area contributed by atoms with Gasteiger partial charge in [0.1, 0.15) is 0 Å². The number of nitrogens with zero attached hydrogens (tertiary/aromatic N) is 2. The Kier molecular flexibility index (Phi) is 6.78. The molecule has 0 fully saturated rings. The van der Waals surface area contributed by atoms with E-state index < -0.39 is 42.3 Å². The van der Waals surface area contributed by atoms with Gasteiger partial charge in [-0.1, -0.05) is 49.4 Å². The lowest BCUT2D eigenvalue weighted by molar-refractivity contribution is -0.156. The topological polar surface area (TPSA) is 106 Å². The van der Waals surface area contributed by atoms with Gasteiger partial charge < -0.3 is 10.1 Å². The number of carbonyl (C=O) groups excluding carboxylic acids is 4. The summed E-state index contributed by atoms with van der Waals surface area (Å²) in [6.07, 6.45) is 2.39. The van der Waals surface area contributed by atoms with Crippen LogP contribution in [0.5, 0.6) is 0 Å². The van der Waals surface area contributed by atoms with Crippen LogP contribution in [0.3, 0.4) is 0 Å². The predicted molar refractivity (Wildman–Crippen MR) is 139 cm³/mol. The average Bonchev–Trinajstić information content (AvgIpc) is 3.43. The number of esters is 1. The molecule has 0 aliphatic carbocycles. The number of amides is 3. The molecule has 37 heavy (non-hydrogen) atoms. The van der Waals surface area contributed by atoms with Crippen LogP contribution in [0.4, 0.5) is 5.00 Å². The lowest BCUT2D eigenvalue weighted by Gasteiger charge is -2.24. The molecule has 3 heterocycles. The molecule has 0 radical (unpaired) electrons. The molecule has 0 bridgehead atoms. The first-order valence-corrected chi connectivity index (χ1v) is 12.6. The summed E-state index contributed by atoms with van der Waals surface area (Å²) in [5.41, 5.74) is 1.27. The number of hydrogen-bond donors (Lipinski definition) is 1. The number of aromatic nitrogens is 1. The van der Waals surface area contributed by atoms with E-state index in [4.69, 9.17) is 4.74 Å². The minimum Gasteiger partial charge on any atom is -0.450 e. The van der Waals surface area contributed by atoms with E-state index in [1.54, 1.807) is 42.7 Å². The van der Waals surface area contributed by atoms with Gasteiger partial charge in [-0.3, -0.25) is 29.1 Å². The third-order valence-corrected chi connectivity index (χ3v) is 7.24. The number of carbonyl (C=O) groups is 4. The van der Waals surface area contributed by atoms with Crippen LogP contribution in [-0.2, 0) is 14.3 Å². The zero-order valence-corrected chi connectivity index (χ0v) is 20.7. The molecule has 9 heteroatoms. The van der Waals surface area contributed by atoms with E-state index in [0.29, 0.717) is 11.4 Å². The lowest BCUT2D eigenvalue weighted by Crippen LogP contribution is -2.45. The van der Waals surface area contributed by atoms with Crippen LogP contribution in [0, 0.1) is 0 Å². The maximum absolute atomic E-state index is 13.4. The van der Waals surface area contributed by atoms with Crippen LogP contribution in [0.1, 0.15) is 45.5 Å². The SMILES string of the molecule is CCC(C(=O)OC(CN1C(=O)c2ccccc2C1=O)C(=O)Nc1cc2ccncc2s1)c1ccccc1. The van der Waals surface area contributed by atoms with Crippen LogP contribution in [0.15, 0.2) is 79.1 Å². The first-order valence-electron chi connectivity index (χ1n) is 11.8. The number of nitrogens with one attached hydrogen (secondary N) is 1. The molecule has 0 saturated heterocycles. The summed E-state index contributed by atoms with van der Waals surface area (Å²) in [5, 5.41) is 4.22. The standard InChI is InChI=1S/C28H23N3O5S/c1-2-19(17-8-4-3-5-9-17)28(35)36-22(16-31-26(33)20-10-6-7-11-21(20)27(31)34)25(32)30-24-14-18-12-13-29-15-23(18)37-24/h3-15,19,22H,2,16H2,1H3,(H,30,32). The highest BCUT2D eigenvalue weighted by molar-refractivity contribution is 7.22. The maximum atomic E-state index is 13.4. The summed E-state index contributed by atoms with van der Waals surface area (Å²) in [6, 6.07) is 19.2. The van der Waals surface area contributed by atoms with E-state index in [0.717, 1.165) is 20.5 Å². The molecule has 1 aliphatic heterocycles. The van der Waals surface area contributed by atoms with Crippen molar-refractivity contribution in [2.45, 2.75) is 25.4 Å². The van der Waals surface area contributed by atoms with Gasteiger partial charge in [0.15, 0.2) is 6.10 Å². The highest BCUT2D eigenvalue weighted by atomic mass is 32.1. The highest BCUT2D eigenvalue weighted by Gasteiger charge is 2.39. The van der Waals surface area contributed by atoms with Gasteiger partial charge in [-0.15, -0.1) is 11.3 Å². The van der Waals surface area contributed by atoms with Crippen molar-refractivity contribution in [1.29, 1.82) is 0 Å². The second kappa shape index (κ2) is 10.3. The van der Waals surface area contributed by atoms with E-state index in [-0.39, 0.29) is 11.1 Å². The number of hydrogen-bond acceptors (Lipinski definition) is 7. The van der Waals surface area contributed by atoms with E-state index >= 15 is 0 Å². The molecule has 3 amide bonds. The van der Waals surface area contributed by atoms with Gasteiger partial charge in [0.05, 0.1) is 33.3 Å². The van der Waals surface area contributed by atoms with E-state index in [1.807, 2.05) is 43.3 Å². The quantitative estimate of drug-likeness (QED) is 0.272. The molecule has 2 aromatic carbocycles. The Morgan fingerprint density at radius 1 is 1.00 bits per heavy atom. The number of imide groups is 1. The van der Waals surface area contributed by atoms with Crippen molar-refractivity contribution in [2.24, 2.45) is 0 Å². The second-order valence-electron chi connectivity index (χ2n) is 8.58. The monoisotopic (exact) mass is 513 g/mol. The normalized spacial score (nSPS) is 14.4. The van der Waals surface area contributed by atoms with E-state index in [9.17, 15) is 19.2 Å². The highest BCUT2D eigenvalue weighted by Crippen LogP contribution is 2.30. The molecule has 186 valence electrons. The molecular weight excluding hydrogens is 490 g/mol. The van der Waals surface area contributed by atoms with Crippen molar-refractivity contribution in [3.63, 3.8) is 0 Å². The Morgan fingerprint density at radius 3 is 2.32 bits per heavy atom. The molecule has 8 nitrogen and oxygen atoms in total. The minimum atomic E-state index is -1.41. The fraction of sp³-hybridized carbons (Fsp3) is 0.179. The van der Waals surface area contributed by atoms with Gasteiger partial charge in [0.25, 0.3) is 17.7 Å². The maximum Gasteiger partial charge on any atom is 0.314 e. The molecule has 1 N–H and O–H groups in total. The Labute approximate surface area is 216 Å². The summed E-state index contributed by atoms with van der Waals surface area (Å²) in [4.78, 5) is 57.6. The van der Waals surface area contributed by atoms with Crippen molar-refractivity contribution in [1.82, 2.24) is 9.88 Å². The van der Waals surface area contributed by atoms with E-state index in [2.05, 4.69) is 10.3 Å². The average molecular weight is 514 g/mol. The fourth-order valence-electron chi connectivity index (χ4n) is 4.34. The Balaban J connectivity index is 1.41. The number of rotatable bonds is 8. The van der Waals surface area contributed by atoms with Crippen LogP contribution >= 0.6 is 11.3 Å². The molecular formula is C28H23N3O5S. The molecule has 2 aromatic heterocycles. The van der Waals surface area contributed by atoms with Crippen molar-refractivity contribution in [3.05, 3.63) is 95.8 Å². The van der Waals surface area contributed by atoms with Gasteiger partial charge >= 0.3 is 5.97 Å². The fourth-order valence-corrected chi connectivity index (χ4v) is 5.27. The summed E-state index contributed by atoms with van der Waals surface area (Å²) in [5.74, 6) is -2.90. The summed E-state index contributed by atoms with van der Waals surface area (Å²) < 4.78 is 6.60. The van der Waals surface area contributed by atoms with Gasteiger partial charge in [-0.05, 0) is 41.6 Å². The van der Waals surface area contributed by atoms with E-state index in [1.165, 1.54) is 11.3 Å². The molecule has 4 aromatic rings. The largest absolute Gasteiger partial charge is 0.450 e. The second-order valence-corrected chi connectivity index (χ2v) is 9.66. The van der Waals surface area contributed by atoms with Gasteiger partial charge in [0.2, 0.25) is 0 Å². The predicted octanol–water partition coefficient (Wildman–Crippen LogP) is 4.64. The summed E-state index contributed by atoms with van der Waals surface area (Å²) in [6.45, 7) is 1.45. The lowest BCUT2D eigenvalue weighted by atomic mass is 9.97. The van der Waals surface area contributed by atoms with Crippen LogP contribution < -0.4 is 5.32 Å². The Hall–Kier alpha value is -4.37. The first kappa shape index (κ1) is 24.3. The van der Waals surface area contributed by atoms with Crippen molar-refractivity contribution in [3.8, 4) is 0 Å². The molecule has 2 atom stereocenters. The number of fused-ring (bicyclic) bond motifs is 2. The third kappa shape index (κ3) is 4.85. The van der Waals surface area contributed by atoms with Crippen molar-refractivity contribution in [2.75, 3.05) is 11.9 Å². The van der Waals surface area contributed by atoms with Crippen LogP contribution in [-0.4, -0.2) is 46.2 Å². The Bertz CT molecular complexity index is 1430. The summed E-state index contributed by atoms with van der Waals surface area (Å²) in [7, 11) is 0. The zero-order chi connectivity index (χ0) is 25.9. The summed E-state index contributed by atoms with van der Waals surface area (Å²) >= 11 is 1.32. The zero-order valence-electron chi connectivity index (χ0n) is 19.9. The van der Waals surface area contributed by atoms with Gasteiger partial charge in [-0.2, -0.15) is 0 Å².